The van der Waals surface area contributed by atoms with E-state index in [1.165, 1.54) is 0 Å². The van der Waals surface area contributed by atoms with Gasteiger partial charge in [-0.3, -0.25) is 0 Å². The summed E-state index contributed by atoms with van der Waals surface area (Å²) in [5.74, 6) is 0.333. The summed E-state index contributed by atoms with van der Waals surface area (Å²) in [6, 6.07) is 0. The van der Waals surface area contributed by atoms with Gasteiger partial charge in [0.2, 0.25) is 0 Å². The Morgan fingerprint density at radius 2 is 2.40 bits per heavy atom. The number of halogens is 1. The molecule has 1 atom stereocenters. The Hall–Kier alpha value is 0.250. The van der Waals surface area contributed by atoms with Crippen molar-refractivity contribution < 1.29 is 6.53 Å². The molecule has 0 aliphatic rings. The van der Waals surface area contributed by atoms with Gasteiger partial charge in [-0.25, -0.2) is 0 Å². The van der Waals surface area contributed by atoms with E-state index in [1.54, 1.807) is 6.92 Å². The Balaban J connectivity index is 0. The average Bonchev–Trinajstić information content (AvgIpc) is 1.38. The molecule has 1 nitrogen and oxygen atoms in total. The highest BCUT2D eigenvalue weighted by Gasteiger charge is 1.83. The highest BCUT2D eigenvalue weighted by atomic mass is 35.5. The topological polar surface area (TPSA) is 20.2 Å². The normalized spacial score (nSPS) is 15.0. The lowest BCUT2D eigenvalue weighted by molar-refractivity contribution is 0.219. The van der Waals surface area contributed by atoms with Crippen LogP contribution in [-0.2, 0) is 0 Å². The van der Waals surface area contributed by atoms with Crippen LogP contribution in [0.3, 0.4) is 0 Å². The molecule has 32 valence electrons. The predicted molar refractivity (Wildman–Crippen MR) is 23.5 cm³/mol. The molecule has 0 rings (SSSR count). The maximum Gasteiger partial charge on any atom is 1.00 e. The molecule has 0 radical (unpaired) electrons. The van der Waals surface area contributed by atoms with E-state index in [0.717, 1.165) is 0 Å². The van der Waals surface area contributed by atoms with Gasteiger partial charge < -0.3 is 5.11 Å². The van der Waals surface area contributed by atoms with Gasteiger partial charge in [0.15, 0.2) is 0 Å². The van der Waals surface area contributed by atoms with Crippen molar-refractivity contribution in [2.24, 2.45) is 0 Å². The summed E-state index contributed by atoms with van der Waals surface area (Å²) in [7, 11) is 0. The number of hydrogen-bond acceptors (Lipinski definition) is 1. The van der Waals surface area contributed by atoms with Crippen LogP contribution in [0, 0.1) is 0 Å². The minimum absolute atomic E-state index is 0. The lowest BCUT2D eigenvalue weighted by Gasteiger charge is -1.88. The van der Waals surface area contributed by atoms with E-state index < -0.39 is 0 Å². The van der Waals surface area contributed by atoms with Crippen molar-refractivity contribution >= 4 is 11.6 Å². The van der Waals surface area contributed by atoms with E-state index in [4.69, 9.17) is 16.7 Å². The van der Waals surface area contributed by atoms with Gasteiger partial charge in [0.1, 0.15) is 0 Å². The molecule has 0 aromatic carbocycles. The van der Waals surface area contributed by atoms with Gasteiger partial charge in [0, 0.05) is 5.88 Å². The standard InChI is InChI=1S/C3H7ClO/c1-3(5)2-4/h3,5H,2H2,1H3/p+1. The maximum absolute atomic E-state index is 8.23. The molecule has 2 heteroatoms. The number of aliphatic hydroxyl groups excluding tert-OH is 1. The molecule has 0 saturated heterocycles. The van der Waals surface area contributed by atoms with E-state index in [-0.39, 0.29) is 7.53 Å². The number of hydrogen-bond donors (Lipinski definition) is 1. The lowest BCUT2D eigenvalue weighted by atomic mass is 10.5. The molecule has 0 saturated carbocycles. The molecule has 1 unspecified atom stereocenters. The van der Waals surface area contributed by atoms with Crippen LogP contribution < -0.4 is 0 Å². The van der Waals surface area contributed by atoms with Crippen molar-refractivity contribution in [3.05, 3.63) is 0 Å². The zero-order valence-corrected chi connectivity index (χ0v) is 3.87. The monoisotopic (exact) mass is 95.0 g/mol. The van der Waals surface area contributed by atoms with Crippen molar-refractivity contribution in [3.63, 3.8) is 0 Å². The highest BCUT2D eigenvalue weighted by molar-refractivity contribution is 6.18. The van der Waals surface area contributed by atoms with Crippen LogP contribution in [0.5, 0.6) is 0 Å². The summed E-state index contributed by atoms with van der Waals surface area (Å²) in [6.45, 7) is 1.65. The fraction of sp³-hybridized carbons (Fsp3) is 1.00. The minimum atomic E-state index is -0.350. The van der Waals surface area contributed by atoms with Gasteiger partial charge >= 0.3 is 1.43 Å². The van der Waals surface area contributed by atoms with Crippen molar-refractivity contribution in [3.8, 4) is 0 Å². The third kappa shape index (κ3) is 4.25. The van der Waals surface area contributed by atoms with Gasteiger partial charge in [-0.05, 0) is 6.92 Å². The second-order valence-corrected chi connectivity index (χ2v) is 1.31. The second kappa shape index (κ2) is 2.49. The van der Waals surface area contributed by atoms with E-state index in [0.29, 0.717) is 5.88 Å². The van der Waals surface area contributed by atoms with E-state index in [2.05, 4.69) is 0 Å². The third-order valence-electron chi connectivity index (χ3n) is 0.223. The van der Waals surface area contributed by atoms with Crippen LogP contribution in [-0.4, -0.2) is 17.1 Å². The van der Waals surface area contributed by atoms with Gasteiger partial charge in [-0.1, -0.05) is 0 Å². The SMILES string of the molecule is CC(O)CCl.[H+]. The molecule has 0 spiro atoms. The van der Waals surface area contributed by atoms with Gasteiger partial charge in [-0.15, -0.1) is 11.6 Å². The maximum atomic E-state index is 8.23. The molecular formula is C3H8ClO+. The van der Waals surface area contributed by atoms with Crippen LogP contribution in [0.1, 0.15) is 8.35 Å². The van der Waals surface area contributed by atoms with E-state index in [1.807, 2.05) is 0 Å². The Labute approximate surface area is 38.1 Å². The van der Waals surface area contributed by atoms with E-state index >= 15 is 0 Å². The molecule has 0 fully saturated rings. The first-order valence-electron chi connectivity index (χ1n) is 1.51. The molecule has 1 N–H and O–H groups in total. The van der Waals surface area contributed by atoms with Gasteiger partial charge in [0.25, 0.3) is 0 Å². The first-order valence-corrected chi connectivity index (χ1v) is 2.05. The quantitative estimate of drug-likeness (QED) is 0.476. The Bertz CT molecular complexity index is 24.8. The van der Waals surface area contributed by atoms with Crippen LogP contribution in [0.2, 0.25) is 0 Å². The Morgan fingerprint density at radius 1 is 2.20 bits per heavy atom. The molecular weight excluding hydrogens is 87.5 g/mol. The molecule has 0 bridgehead atoms. The summed E-state index contributed by atoms with van der Waals surface area (Å²) < 4.78 is 0. The van der Waals surface area contributed by atoms with Crippen molar-refractivity contribution in [1.82, 2.24) is 0 Å². The summed E-state index contributed by atoms with van der Waals surface area (Å²) in [5.41, 5.74) is 0. The summed E-state index contributed by atoms with van der Waals surface area (Å²) in [5, 5.41) is 8.23. The predicted octanol–water partition coefficient (Wildman–Crippen LogP) is 0.718. The van der Waals surface area contributed by atoms with Gasteiger partial charge in [-0.2, -0.15) is 0 Å². The average molecular weight is 95.5 g/mol. The van der Waals surface area contributed by atoms with Crippen molar-refractivity contribution in [2.45, 2.75) is 13.0 Å². The number of alkyl halides is 1. The summed E-state index contributed by atoms with van der Waals surface area (Å²) >= 11 is 5.09. The molecule has 0 aromatic heterocycles. The fourth-order valence-corrected chi connectivity index (χ4v) is 0. The van der Waals surface area contributed by atoms with Crippen molar-refractivity contribution in [1.29, 1.82) is 0 Å². The highest BCUT2D eigenvalue weighted by Crippen LogP contribution is 1.80. The molecule has 0 amide bonds. The Morgan fingerprint density at radius 3 is 2.40 bits per heavy atom. The Kier molecular flexibility index (Phi) is 2.61. The first kappa shape index (κ1) is 5.25. The minimum Gasteiger partial charge on any atom is -0.392 e. The summed E-state index contributed by atoms with van der Waals surface area (Å²) in [6.07, 6.45) is -0.350. The third-order valence-corrected chi connectivity index (χ3v) is 0.670. The number of aliphatic hydroxyl groups is 1. The molecule has 0 aliphatic heterocycles. The molecule has 0 aromatic rings. The largest absolute Gasteiger partial charge is 1.00 e. The van der Waals surface area contributed by atoms with Crippen LogP contribution in [0.25, 0.3) is 0 Å². The molecule has 0 aliphatic carbocycles. The van der Waals surface area contributed by atoms with Gasteiger partial charge in [0.05, 0.1) is 6.10 Å². The first-order chi connectivity index (χ1) is 2.27. The van der Waals surface area contributed by atoms with Crippen LogP contribution in [0.4, 0.5) is 0 Å². The van der Waals surface area contributed by atoms with Crippen LogP contribution in [0.15, 0.2) is 0 Å². The zero-order valence-electron chi connectivity index (χ0n) is 4.11. The lowest BCUT2D eigenvalue weighted by Crippen LogP contribution is -1.98. The second-order valence-electron chi connectivity index (χ2n) is 1.00. The van der Waals surface area contributed by atoms with Crippen LogP contribution >= 0.6 is 11.6 Å². The zero-order chi connectivity index (χ0) is 4.28. The van der Waals surface area contributed by atoms with E-state index in [9.17, 15) is 0 Å². The van der Waals surface area contributed by atoms with Crippen molar-refractivity contribution in [2.75, 3.05) is 5.88 Å². The number of rotatable bonds is 1. The smallest absolute Gasteiger partial charge is 0.392 e. The molecule has 0 heterocycles. The molecule has 5 heavy (non-hydrogen) atoms. The summed E-state index contributed by atoms with van der Waals surface area (Å²) in [4.78, 5) is 0. The fourth-order valence-electron chi connectivity index (χ4n) is 0.